The number of para-hydroxylation sites is 1. The molecule has 0 bridgehead atoms. The summed E-state index contributed by atoms with van der Waals surface area (Å²) >= 11 is 0. The van der Waals surface area contributed by atoms with Gasteiger partial charge in [-0.05, 0) is 12.1 Å². The molecular formula is C11H10N2O4. The van der Waals surface area contributed by atoms with Gasteiger partial charge < -0.3 is 20.0 Å². The molecule has 0 unspecified atom stereocenters. The Bertz CT molecular complexity index is 562. The number of carbonyl (C=O) groups is 1. The van der Waals surface area contributed by atoms with Crippen molar-refractivity contribution in [1.82, 2.24) is 4.98 Å². The van der Waals surface area contributed by atoms with E-state index in [4.69, 9.17) is 20.0 Å². The summed E-state index contributed by atoms with van der Waals surface area (Å²) < 4.78 is 10.2. The molecule has 88 valence electrons. The second kappa shape index (κ2) is 4.17. The number of benzene rings is 1. The van der Waals surface area contributed by atoms with Crippen LogP contribution < -0.4 is 10.5 Å². The molecule has 17 heavy (non-hydrogen) atoms. The van der Waals surface area contributed by atoms with Gasteiger partial charge in [-0.25, -0.2) is 4.79 Å². The first-order valence-corrected chi connectivity index (χ1v) is 4.76. The van der Waals surface area contributed by atoms with E-state index < -0.39 is 5.97 Å². The fourth-order valence-corrected chi connectivity index (χ4v) is 1.50. The summed E-state index contributed by atoms with van der Waals surface area (Å²) in [5, 5.41) is 8.99. The van der Waals surface area contributed by atoms with E-state index in [9.17, 15) is 4.79 Å². The van der Waals surface area contributed by atoms with Gasteiger partial charge in [-0.3, -0.25) is 0 Å². The van der Waals surface area contributed by atoms with Crippen molar-refractivity contribution in [3.05, 3.63) is 30.0 Å². The second-order valence-electron chi connectivity index (χ2n) is 3.24. The quantitative estimate of drug-likeness (QED) is 0.837. The van der Waals surface area contributed by atoms with E-state index in [1.54, 1.807) is 24.3 Å². The van der Waals surface area contributed by atoms with Gasteiger partial charge in [-0.15, -0.1) is 0 Å². The Labute approximate surface area is 96.6 Å². The summed E-state index contributed by atoms with van der Waals surface area (Å²) in [6, 6.07) is 6.68. The summed E-state index contributed by atoms with van der Waals surface area (Å²) in [7, 11) is 1.49. The molecule has 0 fully saturated rings. The van der Waals surface area contributed by atoms with Crippen molar-refractivity contribution < 1.29 is 19.1 Å². The number of nitrogens with two attached hydrogens (primary N) is 1. The molecule has 2 aromatic rings. The molecule has 1 aromatic carbocycles. The van der Waals surface area contributed by atoms with Gasteiger partial charge in [0.1, 0.15) is 5.75 Å². The smallest absolute Gasteiger partial charge is 0.358 e. The Kier molecular flexibility index (Phi) is 2.70. The maximum Gasteiger partial charge on any atom is 0.358 e. The summed E-state index contributed by atoms with van der Waals surface area (Å²) in [5.74, 6) is -0.620. The number of nitrogens with zero attached hydrogens (tertiary/aromatic N) is 1. The second-order valence-corrected chi connectivity index (χ2v) is 3.24. The van der Waals surface area contributed by atoms with Crippen LogP contribution in [0.5, 0.6) is 5.75 Å². The standard InChI is InChI=1S/C11H10N2O4/c1-16-7-5-3-2-4-6(7)9-8(10(14)15)13-11(12)17-9/h2-5H,1H3,(H2,12,13)(H,14,15). The van der Waals surface area contributed by atoms with Gasteiger partial charge >= 0.3 is 5.97 Å². The van der Waals surface area contributed by atoms with Crippen LogP contribution in [0.25, 0.3) is 11.3 Å². The Morgan fingerprint density at radius 3 is 2.82 bits per heavy atom. The third kappa shape index (κ3) is 1.92. The predicted octanol–water partition coefficient (Wildman–Crippen LogP) is 1.63. The highest BCUT2D eigenvalue weighted by Gasteiger charge is 2.22. The molecule has 0 aliphatic carbocycles. The first kappa shape index (κ1) is 11.0. The van der Waals surface area contributed by atoms with E-state index >= 15 is 0 Å². The third-order valence-electron chi connectivity index (χ3n) is 2.20. The molecule has 1 heterocycles. The Morgan fingerprint density at radius 1 is 1.47 bits per heavy atom. The zero-order valence-corrected chi connectivity index (χ0v) is 9.01. The lowest BCUT2D eigenvalue weighted by molar-refractivity contribution is 0.0691. The first-order valence-electron chi connectivity index (χ1n) is 4.76. The average Bonchev–Trinajstić information content (AvgIpc) is 2.71. The number of hydrogen-bond donors (Lipinski definition) is 2. The number of rotatable bonds is 3. The van der Waals surface area contributed by atoms with Gasteiger partial charge in [-0.1, -0.05) is 12.1 Å². The van der Waals surface area contributed by atoms with Gasteiger partial charge in [0.25, 0.3) is 6.01 Å². The SMILES string of the molecule is COc1ccccc1-c1oc(N)nc1C(=O)O. The molecule has 0 saturated carbocycles. The molecular weight excluding hydrogens is 224 g/mol. The Morgan fingerprint density at radius 2 is 2.18 bits per heavy atom. The molecule has 0 amide bonds. The van der Waals surface area contributed by atoms with Gasteiger partial charge in [-0.2, -0.15) is 4.98 Å². The van der Waals surface area contributed by atoms with Gasteiger partial charge in [0.15, 0.2) is 11.5 Å². The van der Waals surface area contributed by atoms with Crippen LogP contribution in [0.4, 0.5) is 6.01 Å². The minimum atomic E-state index is -1.20. The maximum absolute atomic E-state index is 11.0. The van der Waals surface area contributed by atoms with Crippen LogP contribution in [0.1, 0.15) is 10.5 Å². The lowest BCUT2D eigenvalue weighted by Crippen LogP contribution is -2.00. The van der Waals surface area contributed by atoms with Crippen molar-refractivity contribution in [3.63, 3.8) is 0 Å². The number of ether oxygens (including phenoxy) is 1. The molecule has 0 aliphatic heterocycles. The number of hydrogen-bond acceptors (Lipinski definition) is 5. The highest BCUT2D eigenvalue weighted by atomic mass is 16.5. The zero-order chi connectivity index (χ0) is 12.4. The Hall–Kier alpha value is -2.50. The number of anilines is 1. The van der Waals surface area contributed by atoms with Crippen molar-refractivity contribution in [1.29, 1.82) is 0 Å². The summed E-state index contributed by atoms with van der Waals surface area (Å²) in [6.45, 7) is 0. The van der Waals surface area contributed by atoms with Crippen LogP contribution in [-0.2, 0) is 0 Å². The number of oxazole rings is 1. The molecule has 2 rings (SSSR count). The normalized spacial score (nSPS) is 10.2. The van der Waals surface area contributed by atoms with Crippen LogP contribution in [0.3, 0.4) is 0 Å². The number of aromatic nitrogens is 1. The number of nitrogen functional groups attached to an aromatic ring is 1. The molecule has 0 saturated heterocycles. The van der Waals surface area contributed by atoms with Crippen LogP contribution in [0, 0.1) is 0 Å². The fourth-order valence-electron chi connectivity index (χ4n) is 1.50. The zero-order valence-electron chi connectivity index (χ0n) is 9.01. The number of methoxy groups -OCH3 is 1. The van der Waals surface area contributed by atoms with Crippen molar-refractivity contribution in [2.45, 2.75) is 0 Å². The topological polar surface area (TPSA) is 98.6 Å². The molecule has 0 aliphatic rings. The molecule has 0 spiro atoms. The number of carboxylic acids is 1. The summed E-state index contributed by atoms with van der Waals surface area (Å²) in [5.41, 5.74) is 5.63. The van der Waals surface area contributed by atoms with Crippen molar-refractivity contribution >= 4 is 12.0 Å². The van der Waals surface area contributed by atoms with Crippen molar-refractivity contribution in [2.75, 3.05) is 12.8 Å². The molecule has 6 nitrogen and oxygen atoms in total. The average molecular weight is 234 g/mol. The monoisotopic (exact) mass is 234 g/mol. The summed E-state index contributed by atoms with van der Waals surface area (Å²) in [4.78, 5) is 14.6. The van der Waals surface area contributed by atoms with Crippen LogP contribution in [-0.4, -0.2) is 23.2 Å². The molecule has 6 heteroatoms. The molecule has 3 N–H and O–H groups in total. The first-order chi connectivity index (χ1) is 8.13. The molecule has 0 atom stereocenters. The summed E-state index contributed by atoms with van der Waals surface area (Å²) in [6.07, 6.45) is 0. The lowest BCUT2D eigenvalue weighted by Gasteiger charge is -2.05. The van der Waals surface area contributed by atoms with Gasteiger partial charge in [0, 0.05) is 0 Å². The van der Waals surface area contributed by atoms with Crippen molar-refractivity contribution in [3.8, 4) is 17.1 Å². The Balaban J connectivity index is 2.63. The largest absolute Gasteiger partial charge is 0.496 e. The van der Waals surface area contributed by atoms with E-state index in [1.807, 2.05) is 0 Å². The van der Waals surface area contributed by atoms with Gasteiger partial charge in [0.05, 0.1) is 12.7 Å². The number of carboxylic acid groups (broad SMARTS) is 1. The minimum absolute atomic E-state index is 0.0902. The van der Waals surface area contributed by atoms with E-state index in [-0.39, 0.29) is 17.5 Å². The van der Waals surface area contributed by atoms with Crippen molar-refractivity contribution in [2.24, 2.45) is 0 Å². The van der Waals surface area contributed by atoms with Crippen LogP contribution >= 0.6 is 0 Å². The van der Waals surface area contributed by atoms with Gasteiger partial charge in [0.2, 0.25) is 0 Å². The van der Waals surface area contributed by atoms with Crippen LogP contribution in [0.2, 0.25) is 0 Å². The molecule has 0 radical (unpaired) electrons. The van der Waals surface area contributed by atoms with E-state index in [0.29, 0.717) is 11.3 Å². The third-order valence-corrected chi connectivity index (χ3v) is 2.20. The molecule has 1 aromatic heterocycles. The highest BCUT2D eigenvalue weighted by molar-refractivity contribution is 5.93. The van der Waals surface area contributed by atoms with Crippen LogP contribution in [0.15, 0.2) is 28.7 Å². The van der Waals surface area contributed by atoms with E-state index in [0.717, 1.165) is 0 Å². The van der Waals surface area contributed by atoms with E-state index in [2.05, 4.69) is 4.98 Å². The minimum Gasteiger partial charge on any atom is -0.496 e. The highest BCUT2D eigenvalue weighted by Crippen LogP contribution is 2.33. The maximum atomic E-state index is 11.0. The van der Waals surface area contributed by atoms with E-state index in [1.165, 1.54) is 7.11 Å². The predicted molar refractivity (Wildman–Crippen MR) is 59.9 cm³/mol. The number of aromatic carboxylic acids is 1. The fraction of sp³-hybridized carbons (Fsp3) is 0.0909. The lowest BCUT2D eigenvalue weighted by atomic mass is 10.1.